The van der Waals surface area contributed by atoms with Crippen molar-refractivity contribution in [3.05, 3.63) is 27.0 Å². The Kier molecular flexibility index (Phi) is 3.94. The van der Waals surface area contributed by atoms with Crippen molar-refractivity contribution in [3.63, 3.8) is 0 Å². The molecule has 0 saturated carbocycles. The number of ether oxygens (including phenoxy) is 1. The fraction of sp³-hybridized carbons (Fsp3) is 0.417. The van der Waals surface area contributed by atoms with E-state index >= 15 is 0 Å². The Labute approximate surface area is 127 Å². The Morgan fingerprint density at radius 2 is 2.05 bits per heavy atom. The van der Waals surface area contributed by atoms with E-state index < -0.39 is 28.1 Å². The lowest BCUT2D eigenvalue weighted by Crippen LogP contribution is -2.11. The number of hydrogen-bond acceptors (Lipinski definition) is 4. The van der Waals surface area contributed by atoms with Crippen molar-refractivity contribution in [1.82, 2.24) is 9.55 Å². The zero-order valence-corrected chi connectivity index (χ0v) is 12.5. The summed E-state index contributed by atoms with van der Waals surface area (Å²) in [6.07, 6.45) is -4.82. The van der Waals surface area contributed by atoms with Gasteiger partial charge >= 0.3 is 11.9 Å². The number of methoxy groups -OCH3 is 1. The van der Waals surface area contributed by atoms with Crippen molar-refractivity contribution in [1.29, 1.82) is 0 Å². The summed E-state index contributed by atoms with van der Waals surface area (Å²) in [5, 5.41) is 11.2. The number of rotatable bonds is 3. The van der Waals surface area contributed by atoms with Crippen molar-refractivity contribution in [2.24, 2.45) is 0 Å². The fourth-order valence-electron chi connectivity index (χ4n) is 2.25. The Morgan fingerprint density at radius 1 is 1.45 bits per heavy atom. The van der Waals surface area contributed by atoms with Gasteiger partial charge in [-0.25, -0.2) is 4.98 Å². The van der Waals surface area contributed by atoms with Gasteiger partial charge in [-0.2, -0.15) is 13.2 Å². The maximum atomic E-state index is 13.1. The standard InChI is InChI=1S/C12H11ClF3N3O3/c1-5(2)18-8-7(17-11(18)13)4-6(12(14,15)16)10(22-3)9(8)19(20)21/h4-5H,1-3H3. The average Bonchev–Trinajstić information content (AvgIpc) is 2.70. The van der Waals surface area contributed by atoms with Gasteiger partial charge in [0.2, 0.25) is 11.0 Å². The summed E-state index contributed by atoms with van der Waals surface area (Å²) in [7, 11) is 0.946. The predicted octanol–water partition coefficient (Wildman–Crippen LogP) is 4.21. The molecule has 0 saturated heterocycles. The van der Waals surface area contributed by atoms with Gasteiger partial charge in [0.25, 0.3) is 0 Å². The Hall–Kier alpha value is -2.03. The van der Waals surface area contributed by atoms with Crippen molar-refractivity contribution < 1.29 is 22.8 Å². The van der Waals surface area contributed by atoms with E-state index in [-0.39, 0.29) is 22.4 Å². The van der Waals surface area contributed by atoms with Crippen LogP contribution in [0, 0.1) is 10.1 Å². The van der Waals surface area contributed by atoms with E-state index in [1.807, 2.05) is 0 Å². The van der Waals surface area contributed by atoms with Gasteiger partial charge in [0.05, 0.1) is 17.5 Å². The Balaban J connectivity index is 3.05. The van der Waals surface area contributed by atoms with Crippen LogP contribution in [0.5, 0.6) is 5.75 Å². The molecule has 0 atom stereocenters. The molecule has 0 fully saturated rings. The third-order valence-corrected chi connectivity index (χ3v) is 3.34. The molecule has 0 bridgehead atoms. The molecule has 6 nitrogen and oxygen atoms in total. The minimum absolute atomic E-state index is 0.102. The minimum atomic E-state index is -4.82. The number of nitro benzene ring substituents is 1. The second-order valence-corrected chi connectivity index (χ2v) is 5.11. The highest BCUT2D eigenvalue weighted by Crippen LogP contribution is 2.46. The highest BCUT2D eigenvalue weighted by molar-refractivity contribution is 6.29. The first-order chi connectivity index (χ1) is 10.1. The highest BCUT2D eigenvalue weighted by atomic mass is 35.5. The van der Waals surface area contributed by atoms with Crippen LogP contribution in [-0.4, -0.2) is 21.6 Å². The zero-order chi connectivity index (χ0) is 16.8. The summed E-state index contributed by atoms with van der Waals surface area (Å²) in [6, 6.07) is 0.365. The molecule has 10 heteroatoms. The monoisotopic (exact) mass is 337 g/mol. The van der Waals surface area contributed by atoms with E-state index in [1.165, 1.54) is 4.57 Å². The van der Waals surface area contributed by atoms with Gasteiger partial charge in [-0.3, -0.25) is 10.1 Å². The number of alkyl halides is 3. The van der Waals surface area contributed by atoms with Gasteiger partial charge in [0, 0.05) is 6.04 Å². The van der Waals surface area contributed by atoms with Gasteiger partial charge < -0.3 is 9.30 Å². The maximum Gasteiger partial charge on any atom is 0.420 e. The number of hydrogen-bond donors (Lipinski definition) is 0. The highest BCUT2D eigenvalue weighted by Gasteiger charge is 2.41. The third kappa shape index (κ3) is 2.45. The molecule has 1 heterocycles. The second kappa shape index (κ2) is 5.31. The van der Waals surface area contributed by atoms with E-state index in [4.69, 9.17) is 11.6 Å². The van der Waals surface area contributed by atoms with E-state index in [9.17, 15) is 23.3 Å². The van der Waals surface area contributed by atoms with Crippen LogP contribution >= 0.6 is 11.6 Å². The van der Waals surface area contributed by atoms with Crippen LogP contribution in [0.3, 0.4) is 0 Å². The SMILES string of the molecule is COc1c(C(F)(F)F)cc2nc(Cl)n(C(C)C)c2c1[N+](=O)[O-]. The molecule has 0 radical (unpaired) electrons. The zero-order valence-electron chi connectivity index (χ0n) is 11.7. The van der Waals surface area contributed by atoms with Crippen molar-refractivity contribution >= 4 is 28.3 Å². The number of imidazole rings is 1. The van der Waals surface area contributed by atoms with Crippen molar-refractivity contribution in [2.75, 3.05) is 7.11 Å². The summed E-state index contributed by atoms with van der Waals surface area (Å²) >= 11 is 5.91. The first-order valence-corrected chi connectivity index (χ1v) is 6.47. The molecule has 1 aromatic carbocycles. The van der Waals surface area contributed by atoms with E-state index in [2.05, 4.69) is 9.72 Å². The maximum absolute atomic E-state index is 13.1. The molecule has 22 heavy (non-hydrogen) atoms. The fourth-order valence-corrected chi connectivity index (χ4v) is 2.62. The van der Waals surface area contributed by atoms with Crippen LogP contribution in [0.1, 0.15) is 25.5 Å². The number of nitrogens with zero attached hydrogens (tertiary/aromatic N) is 3. The van der Waals surface area contributed by atoms with E-state index in [0.717, 1.165) is 7.11 Å². The predicted molar refractivity (Wildman–Crippen MR) is 73.3 cm³/mol. The smallest absolute Gasteiger partial charge is 0.420 e. The number of benzene rings is 1. The third-order valence-electron chi connectivity index (χ3n) is 3.07. The molecule has 0 aliphatic carbocycles. The summed E-state index contributed by atoms with van der Waals surface area (Å²) < 4.78 is 45.3. The number of aromatic nitrogens is 2. The number of fused-ring (bicyclic) bond motifs is 1. The number of nitro groups is 1. The van der Waals surface area contributed by atoms with E-state index in [1.54, 1.807) is 13.8 Å². The van der Waals surface area contributed by atoms with Crippen LogP contribution in [0.25, 0.3) is 11.0 Å². The largest absolute Gasteiger partial charge is 0.490 e. The first kappa shape index (κ1) is 16.3. The minimum Gasteiger partial charge on any atom is -0.490 e. The Bertz CT molecular complexity index is 756. The molecule has 0 aliphatic heterocycles. The molecule has 0 unspecified atom stereocenters. The van der Waals surface area contributed by atoms with Crippen LogP contribution < -0.4 is 4.74 Å². The molecule has 2 aromatic rings. The molecule has 1 aromatic heterocycles. The molecule has 0 aliphatic rings. The molecule has 120 valence electrons. The molecule has 0 amide bonds. The van der Waals surface area contributed by atoms with Crippen LogP contribution in [0.2, 0.25) is 5.28 Å². The molecule has 2 rings (SSSR count). The lowest BCUT2D eigenvalue weighted by atomic mass is 10.1. The second-order valence-electron chi connectivity index (χ2n) is 4.77. The van der Waals surface area contributed by atoms with Gasteiger partial charge in [-0.15, -0.1) is 0 Å². The van der Waals surface area contributed by atoms with Gasteiger partial charge in [-0.05, 0) is 31.5 Å². The van der Waals surface area contributed by atoms with Gasteiger partial charge in [-0.1, -0.05) is 0 Å². The first-order valence-electron chi connectivity index (χ1n) is 6.09. The summed E-state index contributed by atoms with van der Waals surface area (Å²) in [5.41, 5.74) is -2.38. The Morgan fingerprint density at radius 3 is 2.45 bits per heavy atom. The van der Waals surface area contributed by atoms with Crippen LogP contribution in [0.4, 0.5) is 18.9 Å². The van der Waals surface area contributed by atoms with Gasteiger partial charge in [0.15, 0.2) is 5.52 Å². The molecular weight excluding hydrogens is 327 g/mol. The topological polar surface area (TPSA) is 70.2 Å². The van der Waals surface area contributed by atoms with Crippen LogP contribution in [0.15, 0.2) is 6.07 Å². The summed E-state index contributed by atoms with van der Waals surface area (Å²) in [4.78, 5) is 14.2. The molecule has 0 N–H and O–H groups in total. The van der Waals surface area contributed by atoms with Gasteiger partial charge in [0.1, 0.15) is 5.56 Å². The number of halogens is 4. The lowest BCUT2D eigenvalue weighted by Gasteiger charge is -2.14. The summed E-state index contributed by atoms with van der Waals surface area (Å²) in [5.74, 6) is -0.858. The lowest BCUT2D eigenvalue weighted by molar-refractivity contribution is -0.384. The van der Waals surface area contributed by atoms with Crippen molar-refractivity contribution in [2.45, 2.75) is 26.1 Å². The van der Waals surface area contributed by atoms with Crippen molar-refractivity contribution in [3.8, 4) is 5.75 Å². The van der Waals surface area contributed by atoms with Crippen LogP contribution in [-0.2, 0) is 6.18 Å². The average molecular weight is 338 g/mol. The normalized spacial score (nSPS) is 12.2. The quantitative estimate of drug-likeness (QED) is 0.621. The van der Waals surface area contributed by atoms with E-state index in [0.29, 0.717) is 6.07 Å². The molecule has 0 spiro atoms. The molecular formula is C12H11ClF3N3O3. The summed E-state index contributed by atoms with van der Waals surface area (Å²) in [6.45, 7) is 3.36.